The molecule has 0 unspecified atom stereocenters. The Labute approximate surface area is 242 Å². The van der Waals surface area contributed by atoms with Crippen LogP contribution in [0, 0.1) is 11.8 Å². The Bertz CT molecular complexity index is 1060. The predicted octanol–water partition coefficient (Wildman–Crippen LogP) is -2.06. The smallest absolute Gasteiger partial charge is 0.478 e. The number of hydrogen-bond donors (Lipinski definition) is 5. The number of β-lactam (4-membered cyclic amide) rings is 1. The third-order valence-corrected chi connectivity index (χ3v) is 7.90. The zero-order valence-electron chi connectivity index (χ0n) is 19.0. The minimum atomic E-state index is -1.18. The topological polar surface area (TPSA) is 156 Å². The molecule has 1 aromatic rings. The van der Waals surface area contributed by atoms with Crippen LogP contribution in [-0.4, -0.2) is 74.0 Å². The number of nitrogens with one attached hydrogen (secondary N) is 2. The minimum absolute atomic E-state index is 0. The summed E-state index contributed by atoms with van der Waals surface area (Å²) >= 11 is 1.36. The van der Waals surface area contributed by atoms with Crippen LogP contribution in [0.4, 0.5) is 5.69 Å². The van der Waals surface area contributed by atoms with E-state index in [1.165, 1.54) is 35.7 Å². The van der Waals surface area contributed by atoms with Crippen molar-refractivity contribution in [3.05, 3.63) is 40.4 Å². The third-order valence-electron chi connectivity index (χ3n) is 6.39. The Morgan fingerprint density at radius 3 is 2.56 bits per heavy atom. The Hall–Kier alpha value is -1.25. The number of aromatic carboxylic acids is 1. The van der Waals surface area contributed by atoms with E-state index in [2.05, 4.69) is 10.6 Å². The first-order valence-corrected chi connectivity index (χ1v) is 11.5. The van der Waals surface area contributed by atoms with Crippen LogP contribution in [0.3, 0.4) is 0 Å². The van der Waals surface area contributed by atoms with Gasteiger partial charge in [0.25, 0.3) is 0 Å². The van der Waals surface area contributed by atoms with E-state index in [1.807, 2.05) is 6.92 Å². The number of carbonyl (C=O) groups excluding carboxylic acids is 2. The number of carbonyl (C=O) groups is 4. The van der Waals surface area contributed by atoms with Gasteiger partial charge in [0.15, 0.2) is 0 Å². The second-order valence-electron chi connectivity index (χ2n) is 8.58. The molecule has 3 aliphatic heterocycles. The normalized spacial score (nSPS) is 28.6. The number of carboxylic acid groups (broad SMARTS) is 2. The van der Waals surface area contributed by atoms with E-state index >= 15 is 0 Å². The van der Waals surface area contributed by atoms with Gasteiger partial charge in [0.2, 0.25) is 11.8 Å². The summed E-state index contributed by atoms with van der Waals surface area (Å²) in [6.07, 6.45) is -0.419. The van der Waals surface area contributed by atoms with E-state index in [-0.39, 0.29) is 91.7 Å². The second-order valence-corrected chi connectivity index (χ2v) is 9.93. The van der Waals surface area contributed by atoms with Gasteiger partial charge >= 0.3 is 63.3 Å². The molecule has 0 spiro atoms. The molecule has 10 nitrogen and oxygen atoms in total. The predicted molar refractivity (Wildman–Crippen MR) is 119 cm³/mol. The van der Waals surface area contributed by atoms with E-state index in [0.29, 0.717) is 23.6 Å². The molecule has 6 atom stereocenters. The molecule has 176 valence electrons. The average molecular weight is 515 g/mol. The SMILES string of the molecule is C[C@@H](O)[C@H]1C(=O)N2C(C(=O)O)=C(S[C@@H]3CN[C@H](C(=O)Nc4cccc(C(=O)O)c4)C3)[C@H](C)[C@H]12.[K+]. The molecular weight excluding hydrogens is 489 g/mol. The molecule has 0 bridgehead atoms. The summed E-state index contributed by atoms with van der Waals surface area (Å²) in [5.41, 5.74) is 0.418. The van der Waals surface area contributed by atoms with Gasteiger partial charge in [-0.25, -0.2) is 9.59 Å². The zero-order valence-corrected chi connectivity index (χ0v) is 23.0. The fourth-order valence-corrected chi connectivity index (χ4v) is 6.29. The molecular formula is C22H25KN3O7S+. The third kappa shape index (κ3) is 5.00. The number of aliphatic hydroxyl groups is 1. The second kappa shape index (κ2) is 10.8. The molecule has 5 N–H and O–H groups in total. The number of carboxylic acids is 2. The van der Waals surface area contributed by atoms with E-state index in [9.17, 15) is 29.4 Å². The quantitative estimate of drug-likeness (QED) is 0.204. The first-order chi connectivity index (χ1) is 15.6. The molecule has 0 aliphatic carbocycles. The van der Waals surface area contributed by atoms with Gasteiger partial charge < -0.3 is 30.9 Å². The van der Waals surface area contributed by atoms with Gasteiger partial charge in [-0.1, -0.05) is 13.0 Å². The van der Waals surface area contributed by atoms with Crippen molar-refractivity contribution in [3.63, 3.8) is 0 Å². The van der Waals surface area contributed by atoms with Crippen molar-refractivity contribution in [3.8, 4) is 0 Å². The molecule has 0 radical (unpaired) electrons. The number of benzene rings is 1. The average Bonchev–Trinajstić information content (AvgIpc) is 3.30. The van der Waals surface area contributed by atoms with Crippen molar-refractivity contribution < 1.29 is 85.9 Å². The Kier molecular flexibility index (Phi) is 8.67. The Balaban J connectivity index is 0.00000324. The maximum atomic E-state index is 12.7. The number of aliphatic carboxylic acids is 1. The van der Waals surface area contributed by atoms with Gasteiger partial charge in [-0.15, -0.1) is 11.8 Å². The first kappa shape index (κ1) is 27.3. The number of aliphatic hydroxyl groups excluding tert-OH is 1. The number of nitrogens with zero attached hydrogens (tertiary/aromatic N) is 1. The molecule has 2 fully saturated rings. The van der Waals surface area contributed by atoms with Gasteiger partial charge in [0, 0.05) is 28.3 Å². The van der Waals surface area contributed by atoms with Gasteiger partial charge in [-0.3, -0.25) is 9.59 Å². The van der Waals surface area contributed by atoms with E-state index in [1.54, 1.807) is 12.1 Å². The summed E-state index contributed by atoms with van der Waals surface area (Å²) in [6.45, 7) is 3.87. The van der Waals surface area contributed by atoms with Crippen LogP contribution in [-0.2, 0) is 14.4 Å². The molecule has 0 aromatic heterocycles. The summed E-state index contributed by atoms with van der Waals surface area (Å²) in [5.74, 6) is -3.79. The van der Waals surface area contributed by atoms with Crippen LogP contribution in [0.2, 0.25) is 0 Å². The largest absolute Gasteiger partial charge is 1.00 e. The molecule has 0 saturated carbocycles. The molecule has 3 heterocycles. The van der Waals surface area contributed by atoms with Gasteiger partial charge in [-0.2, -0.15) is 0 Å². The van der Waals surface area contributed by atoms with Crippen molar-refractivity contribution in [2.45, 2.75) is 43.7 Å². The fraction of sp³-hybridized carbons (Fsp3) is 0.455. The number of hydrogen-bond acceptors (Lipinski definition) is 7. The van der Waals surface area contributed by atoms with Crippen molar-refractivity contribution in [2.75, 3.05) is 11.9 Å². The van der Waals surface area contributed by atoms with E-state index in [4.69, 9.17) is 5.11 Å². The molecule has 34 heavy (non-hydrogen) atoms. The number of rotatable bonds is 7. The number of anilines is 1. The number of fused-ring (bicyclic) bond motifs is 1. The van der Waals surface area contributed by atoms with Crippen molar-refractivity contribution in [1.29, 1.82) is 0 Å². The number of thioether (sulfide) groups is 1. The monoisotopic (exact) mass is 514 g/mol. The van der Waals surface area contributed by atoms with Crippen LogP contribution in [0.25, 0.3) is 0 Å². The standard InChI is InChI=1S/C22H25N3O7S.K/c1-9-16-15(10(2)26)20(28)25(16)17(22(31)32)18(9)33-13-7-14(23-8-13)19(27)24-12-5-3-4-11(6-12)21(29)30;/h3-6,9-10,13-16,23,26H,7-8H2,1-2H3,(H,24,27)(H,29,30)(H,31,32);/q;+1/t9-,10-,13+,14+,15-,16-;/m1./s1. The molecule has 2 saturated heterocycles. The maximum Gasteiger partial charge on any atom is 1.00 e. The summed E-state index contributed by atoms with van der Waals surface area (Å²) in [7, 11) is 0. The number of amides is 2. The zero-order chi connectivity index (χ0) is 24.0. The summed E-state index contributed by atoms with van der Waals surface area (Å²) in [6, 6.07) is 5.07. The fourth-order valence-electron chi connectivity index (χ4n) is 4.81. The van der Waals surface area contributed by atoms with E-state index < -0.39 is 30.0 Å². The molecule has 4 rings (SSSR count). The molecule has 12 heteroatoms. The maximum absolute atomic E-state index is 12.7. The van der Waals surface area contributed by atoms with Gasteiger partial charge in [0.1, 0.15) is 5.70 Å². The molecule has 3 aliphatic rings. The van der Waals surface area contributed by atoms with Crippen LogP contribution in [0.1, 0.15) is 30.6 Å². The van der Waals surface area contributed by atoms with Crippen molar-refractivity contribution in [2.24, 2.45) is 11.8 Å². The molecule has 2 amide bonds. The van der Waals surface area contributed by atoms with Gasteiger partial charge in [0.05, 0.1) is 29.7 Å². The first-order valence-electron chi connectivity index (χ1n) is 10.6. The Morgan fingerprint density at radius 2 is 1.94 bits per heavy atom. The van der Waals surface area contributed by atoms with Crippen LogP contribution >= 0.6 is 11.8 Å². The summed E-state index contributed by atoms with van der Waals surface area (Å²) < 4.78 is 0. The summed E-state index contributed by atoms with van der Waals surface area (Å²) in [4.78, 5) is 50.1. The minimum Gasteiger partial charge on any atom is -0.478 e. The van der Waals surface area contributed by atoms with Crippen LogP contribution in [0.15, 0.2) is 34.9 Å². The van der Waals surface area contributed by atoms with Crippen LogP contribution < -0.4 is 62.0 Å². The van der Waals surface area contributed by atoms with Crippen molar-refractivity contribution in [1.82, 2.24) is 10.2 Å². The summed E-state index contributed by atoms with van der Waals surface area (Å²) in [5, 5.41) is 34.6. The molecule has 1 aromatic carbocycles. The van der Waals surface area contributed by atoms with Crippen LogP contribution in [0.5, 0.6) is 0 Å². The van der Waals surface area contributed by atoms with E-state index in [0.717, 1.165) is 0 Å². The Morgan fingerprint density at radius 1 is 1.24 bits per heavy atom. The van der Waals surface area contributed by atoms with Gasteiger partial charge in [-0.05, 0) is 31.5 Å². The van der Waals surface area contributed by atoms with Crippen molar-refractivity contribution >= 4 is 41.2 Å².